The number of nitrogens with one attached hydrogen (secondary N) is 1. The van der Waals surface area contributed by atoms with E-state index in [0.717, 1.165) is 21.9 Å². The molecule has 0 saturated carbocycles. The second-order valence-electron chi connectivity index (χ2n) is 4.42. The maximum absolute atomic E-state index is 11.1. The molecule has 3 aromatic rings. The van der Waals surface area contributed by atoms with Gasteiger partial charge in [-0.3, -0.25) is 9.20 Å². The predicted octanol–water partition coefficient (Wildman–Crippen LogP) is 3.33. The molecule has 0 unspecified atom stereocenters. The number of amides is 1. The Balaban J connectivity index is 2.00. The molecule has 0 saturated heterocycles. The van der Waals surface area contributed by atoms with E-state index in [1.165, 1.54) is 11.8 Å². The molecule has 0 fully saturated rings. The highest BCUT2D eigenvalue weighted by molar-refractivity contribution is 7.17. The molecule has 0 radical (unpaired) electrons. The molecule has 0 aliphatic rings. The number of aromatic nitrogens is 2. The van der Waals surface area contributed by atoms with E-state index in [1.54, 1.807) is 11.3 Å². The Morgan fingerprint density at radius 3 is 2.95 bits per heavy atom. The van der Waals surface area contributed by atoms with Crippen LogP contribution in [-0.2, 0) is 4.79 Å². The second kappa shape index (κ2) is 4.51. The SMILES string of the molecule is CC(=O)Nc1cccc(-c2cn3cc(C)sc3n2)c1. The number of carbonyl (C=O) groups excluding carboxylic acids is 1. The number of anilines is 1. The van der Waals surface area contributed by atoms with Gasteiger partial charge >= 0.3 is 0 Å². The van der Waals surface area contributed by atoms with Gasteiger partial charge in [-0.05, 0) is 19.1 Å². The van der Waals surface area contributed by atoms with Gasteiger partial charge in [-0.2, -0.15) is 0 Å². The minimum absolute atomic E-state index is 0.0707. The molecule has 19 heavy (non-hydrogen) atoms. The molecule has 3 rings (SSSR count). The van der Waals surface area contributed by atoms with E-state index in [-0.39, 0.29) is 5.91 Å². The Morgan fingerprint density at radius 2 is 2.21 bits per heavy atom. The zero-order valence-corrected chi connectivity index (χ0v) is 11.5. The number of nitrogens with zero attached hydrogens (tertiary/aromatic N) is 2. The van der Waals surface area contributed by atoms with Crippen LogP contribution in [0.25, 0.3) is 16.2 Å². The van der Waals surface area contributed by atoms with E-state index in [0.29, 0.717) is 0 Å². The summed E-state index contributed by atoms with van der Waals surface area (Å²) in [5.74, 6) is -0.0707. The van der Waals surface area contributed by atoms with Crippen LogP contribution >= 0.6 is 11.3 Å². The summed E-state index contributed by atoms with van der Waals surface area (Å²) in [5.41, 5.74) is 2.70. The second-order valence-corrected chi connectivity index (χ2v) is 5.63. The third-order valence-electron chi connectivity index (χ3n) is 2.75. The van der Waals surface area contributed by atoms with Crippen molar-refractivity contribution in [1.82, 2.24) is 9.38 Å². The molecule has 0 aliphatic carbocycles. The lowest BCUT2D eigenvalue weighted by atomic mass is 10.1. The van der Waals surface area contributed by atoms with Crippen LogP contribution < -0.4 is 5.32 Å². The quantitative estimate of drug-likeness (QED) is 0.777. The van der Waals surface area contributed by atoms with Crippen molar-refractivity contribution in [3.8, 4) is 11.3 Å². The topological polar surface area (TPSA) is 46.4 Å². The van der Waals surface area contributed by atoms with Gasteiger partial charge in [0.05, 0.1) is 5.69 Å². The van der Waals surface area contributed by atoms with Crippen LogP contribution in [0.4, 0.5) is 5.69 Å². The Kier molecular flexibility index (Phi) is 2.83. The Labute approximate surface area is 114 Å². The van der Waals surface area contributed by atoms with E-state index < -0.39 is 0 Å². The highest BCUT2D eigenvalue weighted by atomic mass is 32.1. The zero-order chi connectivity index (χ0) is 13.4. The standard InChI is InChI=1S/C14H13N3OS/c1-9-7-17-8-13(16-14(17)19-9)11-4-3-5-12(6-11)15-10(2)18/h3-8H,1-2H3,(H,15,18). The van der Waals surface area contributed by atoms with E-state index in [2.05, 4.69) is 23.4 Å². The molecule has 0 spiro atoms. The monoisotopic (exact) mass is 271 g/mol. The summed E-state index contributed by atoms with van der Waals surface area (Å²) in [6.45, 7) is 3.57. The number of benzene rings is 1. The third-order valence-corrected chi connectivity index (χ3v) is 3.66. The van der Waals surface area contributed by atoms with E-state index in [4.69, 9.17) is 0 Å². The fraction of sp³-hybridized carbons (Fsp3) is 0.143. The first-order valence-electron chi connectivity index (χ1n) is 5.95. The minimum atomic E-state index is -0.0707. The molecule has 1 aromatic carbocycles. The lowest BCUT2D eigenvalue weighted by Crippen LogP contribution is -2.05. The van der Waals surface area contributed by atoms with Crippen LogP contribution in [0.15, 0.2) is 36.7 Å². The van der Waals surface area contributed by atoms with Crippen molar-refractivity contribution < 1.29 is 4.79 Å². The summed E-state index contributed by atoms with van der Waals surface area (Å²) in [6.07, 6.45) is 4.07. The Morgan fingerprint density at radius 1 is 1.37 bits per heavy atom. The number of fused-ring (bicyclic) bond motifs is 1. The number of carbonyl (C=O) groups is 1. The molecule has 0 aliphatic heterocycles. The highest BCUT2D eigenvalue weighted by Gasteiger charge is 2.07. The van der Waals surface area contributed by atoms with Crippen LogP contribution in [0.5, 0.6) is 0 Å². The van der Waals surface area contributed by atoms with Crippen LogP contribution in [-0.4, -0.2) is 15.3 Å². The average molecular weight is 271 g/mol. The highest BCUT2D eigenvalue weighted by Crippen LogP contribution is 2.25. The molecule has 2 heterocycles. The van der Waals surface area contributed by atoms with Crippen LogP contribution in [0.1, 0.15) is 11.8 Å². The first-order chi connectivity index (χ1) is 9.11. The lowest BCUT2D eigenvalue weighted by Gasteiger charge is -2.03. The van der Waals surface area contributed by atoms with Crippen molar-refractivity contribution in [3.05, 3.63) is 41.5 Å². The Hall–Kier alpha value is -2.14. The lowest BCUT2D eigenvalue weighted by molar-refractivity contribution is -0.114. The fourth-order valence-corrected chi connectivity index (χ4v) is 2.82. The zero-order valence-electron chi connectivity index (χ0n) is 10.7. The van der Waals surface area contributed by atoms with Crippen molar-refractivity contribution in [3.63, 3.8) is 0 Å². The number of hydrogen-bond acceptors (Lipinski definition) is 3. The summed E-state index contributed by atoms with van der Waals surface area (Å²) in [5, 5.41) is 2.78. The molecule has 2 aromatic heterocycles. The minimum Gasteiger partial charge on any atom is -0.326 e. The first kappa shape index (κ1) is 11.9. The van der Waals surface area contributed by atoms with Gasteiger partial charge in [-0.25, -0.2) is 4.98 Å². The van der Waals surface area contributed by atoms with Crippen molar-refractivity contribution >= 4 is 27.9 Å². The van der Waals surface area contributed by atoms with Crippen molar-refractivity contribution in [2.75, 3.05) is 5.32 Å². The van der Waals surface area contributed by atoms with E-state index >= 15 is 0 Å². The van der Waals surface area contributed by atoms with E-state index in [9.17, 15) is 4.79 Å². The maximum Gasteiger partial charge on any atom is 0.221 e. The van der Waals surface area contributed by atoms with Crippen molar-refractivity contribution in [2.45, 2.75) is 13.8 Å². The van der Waals surface area contributed by atoms with Crippen LogP contribution in [0.3, 0.4) is 0 Å². The van der Waals surface area contributed by atoms with E-state index in [1.807, 2.05) is 34.9 Å². The van der Waals surface area contributed by atoms with Crippen molar-refractivity contribution in [2.24, 2.45) is 0 Å². The van der Waals surface area contributed by atoms with Crippen molar-refractivity contribution in [1.29, 1.82) is 0 Å². The number of hydrogen-bond donors (Lipinski definition) is 1. The molecule has 4 nitrogen and oxygen atoms in total. The average Bonchev–Trinajstić information content (AvgIpc) is 2.85. The van der Waals surface area contributed by atoms with Gasteiger partial charge in [0.2, 0.25) is 5.91 Å². The maximum atomic E-state index is 11.1. The van der Waals surface area contributed by atoms with Gasteiger partial charge in [0.1, 0.15) is 0 Å². The number of imidazole rings is 1. The molecule has 96 valence electrons. The molecular formula is C14H13N3OS. The summed E-state index contributed by atoms with van der Waals surface area (Å²) >= 11 is 1.66. The fourth-order valence-electron chi connectivity index (χ4n) is 2.01. The normalized spacial score (nSPS) is 10.8. The largest absolute Gasteiger partial charge is 0.326 e. The molecule has 0 atom stereocenters. The summed E-state index contributed by atoms with van der Waals surface area (Å²) in [7, 11) is 0. The van der Waals surface area contributed by atoms with Gasteiger partial charge in [0.15, 0.2) is 4.96 Å². The van der Waals surface area contributed by atoms with Gasteiger partial charge < -0.3 is 5.32 Å². The van der Waals surface area contributed by atoms with Crippen LogP contribution in [0, 0.1) is 6.92 Å². The summed E-state index contributed by atoms with van der Waals surface area (Å²) in [6, 6.07) is 7.71. The van der Waals surface area contributed by atoms with Gasteiger partial charge in [0, 0.05) is 35.4 Å². The molecular weight excluding hydrogens is 258 g/mol. The predicted molar refractivity (Wildman–Crippen MR) is 77.5 cm³/mol. The molecule has 0 bridgehead atoms. The van der Waals surface area contributed by atoms with Gasteiger partial charge in [-0.15, -0.1) is 11.3 Å². The summed E-state index contributed by atoms with van der Waals surface area (Å²) < 4.78 is 2.03. The molecule has 5 heteroatoms. The Bertz CT molecular complexity index is 725. The third kappa shape index (κ3) is 2.37. The molecule has 1 N–H and O–H groups in total. The number of aryl methyl sites for hydroxylation is 1. The molecule has 1 amide bonds. The van der Waals surface area contributed by atoms with Gasteiger partial charge in [0.25, 0.3) is 0 Å². The number of thiazole rings is 1. The van der Waals surface area contributed by atoms with Gasteiger partial charge in [-0.1, -0.05) is 12.1 Å². The number of rotatable bonds is 2. The van der Waals surface area contributed by atoms with Crippen LogP contribution in [0.2, 0.25) is 0 Å². The first-order valence-corrected chi connectivity index (χ1v) is 6.76. The smallest absolute Gasteiger partial charge is 0.221 e. The summed E-state index contributed by atoms with van der Waals surface area (Å²) in [4.78, 5) is 17.9.